The maximum absolute atomic E-state index is 13.6. The molecule has 7 nitrogen and oxygen atoms in total. The average molecular weight is 541 g/mol. The zero-order chi connectivity index (χ0) is 27.7. The maximum Gasteiger partial charge on any atom is 0.260 e. The quantitative estimate of drug-likeness (QED) is 0.223. The predicted octanol–water partition coefficient (Wildman–Crippen LogP) is 5.66. The van der Waals surface area contributed by atoms with Gasteiger partial charge in [-0.25, -0.2) is 0 Å². The molecule has 2 aromatic rings. The Hall–Kier alpha value is -2.45. The zero-order valence-electron chi connectivity index (χ0n) is 23.3. The van der Waals surface area contributed by atoms with Gasteiger partial charge in [0.2, 0.25) is 5.78 Å². The highest BCUT2D eigenvalue weighted by Gasteiger charge is 2.41. The van der Waals surface area contributed by atoms with Crippen LogP contribution in [-0.4, -0.2) is 55.6 Å². The number of aliphatic hydroxyl groups is 2. The number of hydrogen-bond acceptors (Lipinski definition) is 7. The Balaban J connectivity index is 1.33. The molecule has 39 heavy (non-hydrogen) atoms. The van der Waals surface area contributed by atoms with Crippen LogP contribution in [0, 0.1) is 11.8 Å². The Morgan fingerprint density at radius 1 is 0.744 bits per heavy atom. The van der Waals surface area contributed by atoms with E-state index in [2.05, 4.69) is 0 Å². The van der Waals surface area contributed by atoms with Crippen molar-refractivity contribution in [3.8, 4) is 11.5 Å². The molecule has 0 heterocycles. The van der Waals surface area contributed by atoms with Crippen LogP contribution in [0.15, 0.2) is 48.5 Å². The van der Waals surface area contributed by atoms with Crippen molar-refractivity contribution in [1.82, 2.24) is 0 Å². The number of Topliss-reactive ketones (excluding diaryl/α,β-unsaturated/α-hetero) is 1. The van der Waals surface area contributed by atoms with Crippen LogP contribution in [0.3, 0.4) is 0 Å². The summed E-state index contributed by atoms with van der Waals surface area (Å²) < 4.78 is 22.9. The van der Waals surface area contributed by atoms with E-state index in [4.69, 9.17) is 18.9 Å². The molecule has 0 amide bonds. The second-order valence-electron chi connectivity index (χ2n) is 11.1. The molecule has 0 radical (unpaired) electrons. The molecule has 2 aliphatic rings. The van der Waals surface area contributed by atoms with Gasteiger partial charge in [0.05, 0.1) is 12.2 Å². The van der Waals surface area contributed by atoms with E-state index in [0.717, 1.165) is 12.8 Å². The third-order valence-electron chi connectivity index (χ3n) is 8.27. The van der Waals surface area contributed by atoms with Gasteiger partial charge in [0, 0.05) is 25.3 Å². The summed E-state index contributed by atoms with van der Waals surface area (Å²) >= 11 is 0. The summed E-state index contributed by atoms with van der Waals surface area (Å²) in [5.41, 5.74) is 0.944. The highest BCUT2D eigenvalue weighted by atomic mass is 16.7. The van der Waals surface area contributed by atoms with Crippen molar-refractivity contribution in [2.75, 3.05) is 27.4 Å². The SMILES string of the molecule is COC(OC)(C(=O)c1ccc(OCC(O)CC2CCCC2)cc1)c1ccc(OCC(O)CC2CCCC2)cc1. The highest BCUT2D eigenvalue weighted by molar-refractivity contribution is 6.02. The summed E-state index contributed by atoms with van der Waals surface area (Å²) in [4.78, 5) is 13.6. The number of hydrogen-bond donors (Lipinski definition) is 2. The fourth-order valence-electron chi connectivity index (χ4n) is 6.08. The Morgan fingerprint density at radius 2 is 1.15 bits per heavy atom. The van der Waals surface area contributed by atoms with E-state index in [1.807, 2.05) is 0 Å². The molecule has 2 atom stereocenters. The number of benzene rings is 2. The fraction of sp³-hybridized carbons (Fsp3) is 0.594. The molecule has 7 heteroatoms. The van der Waals surface area contributed by atoms with Crippen LogP contribution in [-0.2, 0) is 15.3 Å². The molecule has 0 saturated heterocycles. The molecule has 2 N–H and O–H groups in total. The lowest BCUT2D eigenvalue weighted by molar-refractivity contribution is -0.176. The molecule has 2 saturated carbocycles. The van der Waals surface area contributed by atoms with Crippen molar-refractivity contribution >= 4 is 5.78 Å². The Bertz CT molecular complexity index is 1000. The summed E-state index contributed by atoms with van der Waals surface area (Å²) in [6, 6.07) is 13.8. The first kappa shape index (κ1) is 29.5. The number of aliphatic hydroxyl groups excluding tert-OH is 2. The molecule has 2 fully saturated rings. The monoisotopic (exact) mass is 540 g/mol. The van der Waals surface area contributed by atoms with Gasteiger partial charge in [0.15, 0.2) is 0 Å². The average Bonchev–Trinajstić information content (AvgIpc) is 3.67. The Kier molecular flexibility index (Phi) is 10.8. The smallest absolute Gasteiger partial charge is 0.260 e. The normalized spacial score (nSPS) is 18.3. The summed E-state index contributed by atoms with van der Waals surface area (Å²) in [6.07, 6.45) is 10.3. The molecule has 2 aromatic carbocycles. The Morgan fingerprint density at radius 3 is 1.56 bits per heavy atom. The van der Waals surface area contributed by atoms with Gasteiger partial charge >= 0.3 is 0 Å². The fourth-order valence-corrected chi connectivity index (χ4v) is 6.08. The number of ketones is 1. The lowest BCUT2D eigenvalue weighted by Gasteiger charge is -2.30. The summed E-state index contributed by atoms with van der Waals surface area (Å²) in [6.45, 7) is 0.469. The third-order valence-corrected chi connectivity index (χ3v) is 8.27. The molecule has 0 spiro atoms. The van der Waals surface area contributed by atoms with E-state index < -0.39 is 18.0 Å². The van der Waals surface area contributed by atoms with Crippen LogP contribution in [0.25, 0.3) is 0 Å². The second-order valence-corrected chi connectivity index (χ2v) is 11.1. The van der Waals surface area contributed by atoms with Gasteiger partial charge in [0.1, 0.15) is 24.7 Å². The van der Waals surface area contributed by atoms with Gasteiger partial charge < -0.3 is 29.2 Å². The van der Waals surface area contributed by atoms with E-state index in [0.29, 0.717) is 34.5 Å². The highest BCUT2D eigenvalue weighted by Crippen LogP contribution is 2.33. The van der Waals surface area contributed by atoms with Gasteiger partial charge in [-0.05, 0) is 73.2 Å². The van der Waals surface area contributed by atoms with Gasteiger partial charge in [-0.3, -0.25) is 4.79 Å². The van der Waals surface area contributed by atoms with Gasteiger partial charge in [-0.2, -0.15) is 0 Å². The van der Waals surface area contributed by atoms with Crippen molar-refractivity contribution in [3.05, 3.63) is 59.7 Å². The number of carbonyl (C=O) groups excluding carboxylic acids is 1. The number of ether oxygens (including phenoxy) is 4. The van der Waals surface area contributed by atoms with Crippen LogP contribution in [0.2, 0.25) is 0 Å². The number of carbonyl (C=O) groups is 1. The lowest BCUT2D eigenvalue weighted by atomic mass is 9.95. The molecule has 214 valence electrons. The topological polar surface area (TPSA) is 94.5 Å². The maximum atomic E-state index is 13.6. The van der Waals surface area contributed by atoms with Gasteiger partial charge in [-0.15, -0.1) is 0 Å². The minimum absolute atomic E-state index is 0.232. The Labute approximate surface area is 232 Å². The van der Waals surface area contributed by atoms with E-state index in [1.165, 1.54) is 65.6 Å². The van der Waals surface area contributed by atoms with Crippen LogP contribution in [0.5, 0.6) is 11.5 Å². The predicted molar refractivity (Wildman–Crippen MR) is 149 cm³/mol. The first-order valence-corrected chi connectivity index (χ1v) is 14.4. The van der Waals surface area contributed by atoms with E-state index >= 15 is 0 Å². The van der Waals surface area contributed by atoms with Crippen molar-refractivity contribution in [2.45, 2.75) is 82.2 Å². The van der Waals surface area contributed by atoms with Crippen molar-refractivity contribution < 1.29 is 34.0 Å². The number of rotatable bonds is 15. The van der Waals surface area contributed by atoms with E-state index in [1.54, 1.807) is 48.5 Å². The molecule has 0 aromatic heterocycles. The van der Waals surface area contributed by atoms with Crippen molar-refractivity contribution in [3.63, 3.8) is 0 Å². The molecule has 0 aliphatic heterocycles. The van der Waals surface area contributed by atoms with Crippen LogP contribution < -0.4 is 9.47 Å². The summed E-state index contributed by atoms with van der Waals surface area (Å²) in [5.74, 6) is 0.410. The third kappa shape index (κ3) is 7.82. The van der Waals surface area contributed by atoms with Crippen molar-refractivity contribution in [2.24, 2.45) is 11.8 Å². The van der Waals surface area contributed by atoms with Gasteiger partial charge in [0.25, 0.3) is 5.79 Å². The minimum Gasteiger partial charge on any atom is -0.491 e. The molecule has 2 unspecified atom stereocenters. The van der Waals surface area contributed by atoms with Crippen LogP contribution in [0.1, 0.15) is 80.1 Å². The van der Waals surface area contributed by atoms with Gasteiger partial charge in [-0.1, -0.05) is 51.4 Å². The van der Waals surface area contributed by atoms with Crippen LogP contribution >= 0.6 is 0 Å². The molecule has 0 bridgehead atoms. The standard InChI is InChI=1S/C32H44O7/c1-36-32(37-2,26-13-17-30(18-14-26)39-22-28(34)20-24-9-5-6-10-24)31(35)25-11-15-29(16-12-25)38-21-27(33)19-23-7-3-4-8-23/h11-18,23-24,27-28,33-34H,3-10,19-22H2,1-2H3. The summed E-state index contributed by atoms with van der Waals surface area (Å²) in [7, 11) is 2.88. The van der Waals surface area contributed by atoms with E-state index in [-0.39, 0.29) is 19.0 Å². The minimum atomic E-state index is -1.62. The summed E-state index contributed by atoms with van der Waals surface area (Å²) in [5, 5.41) is 20.7. The van der Waals surface area contributed by atoms with Crippen molar-refractivity contribution in [1.29, 1.82) is 0 Å². The van der Waals surface area contributed by atoms with E-state index in [9.17, 15) is 15.0 Å². The first-order valence-electron chi connectivity index (χ1n) is 14.4. The first-order chi connectivity index (χ1) is 18.9. The zero-order valence-corrected chi connectivity index (χ0v) is 23.3. The molecular formula is C32H44O7. The molecule has 4 rings (SSSR count). The molecular weight excluding hydrogens is 496 g/mol. The van der Waals surface area contributed by atoms with Crippen LogP contribution in [0.4, 0.5) is 0 Å². The lowest BCUT2D eigenvalue weighted by Crippen LogP contribution is -2.40. The largest absolute Gasteiger partial charge is 0.491 e. The number of methoxy groups -OCH3 is 2. The second kappa shape index (κ2) is 14.3. The molecule has 2 aliphatic carbocycles.